The summed E-state index contributed by atoms with van der Waals surface area (Å²) in [6.07, 6.45) is -0.427. The van der Waals surface area contributed by atoms with Crippen LogP contribution in [0.15, 0.2) is 30.3 Å². The molecule has 0 aliphatic rings. The average Bonchev–Trinajstić information content (AvgIpc) is 2.35. The molecule has 0 aromatic heterocycles. The Morgan fingerprint density at radius 3 is 2.44 bits per heavy atom. The van der Waals surface area contributed by atoms with E-state index in [0.29, 0.717) is 6.42 Å². The van der Waals surface area contributed by atoms with Crippen LogP contribution in [0.25, 0.3) is 0 Å². The molecule has 1 aromatic rings. The lowest BCUT2D eigenvalue weighted by molar-refractivity contribution is -0.122. The third-order valence-corrected chi connectivity index (χ3v) is 2.35. The molecule has 2 nitrogen and oxygen atoms in total. The second-order valence-electron chi connectivity index (χ2n) is 3.66. The van der Waals surface area contributed by atoms with Gasteiger partial charge in [-0.2, -0.15) is 0 Å². The fraction of sp³-hybridized carbons (Fsp3) is 0.385. The van der Waals surface area contributed by atoms with Crippen molar-refractivity contribution in [3.63, 3.8) is 0 Å². The van der Waals surface area contributed by atoms with E-state index in [0.717, 1.165) is 6.42 Å². The van der Waals surface area contributed by atoms with Crippen molar-refractivity contribution in [3.05, 3.63) is 35.9 Å². The maximum Gasteiger partial charge on any atom is 0.220 e. The molecular formula is C13H15FO2. The van der Waals surface area contributed by atoms with E-state index >= 15 is 0 Å². The summed E-state index contributed by atoms with van der Waals surface area (Å²) in [5, 5.41) is 0. The molecule has 1 unspecified atom stereocenters. The van der Waals surface area contributed by atoms with Gasteiger partial charge in [-0.05, 0) is 6.42 Å². The summed E-state index contributed by atoms with van der Waals surface area (Å²) in [4.78, 5) is 22.9. The number of unbranched alkanes of at least 4 members (excludes halogenated alkanes) is 1. The fourth-order valence-corrected chi connectivity index (χ4v) is 1.37. The second-order valence-corrected chi connectivity index (χ2v) is 3.66. The molecule has 16 heavy (non-hydrogen) atoms. The Bertz CT molecular complexity index is 359. The lowest BCUT2D eigenvalue weighted by Crippen LogP contribution is -2.25. The minimum Gasteiger partial charge on any atom is -0.296 e. The van der Waals surface area contributed by atoms with Gasteiger partial charge in [-0.3, -0.25) is 9.59 Å². The zero-order chi connectivity index (χ0) is 12.0. The number of hydrogen-bond donors (Lipinski definition) is 0. The van der Waals surface area contributed by atoms with Gasteiger partial charge in [0.25, 0.3) is 0 Å². The second kappa shape index (κ2) is 6.16. The summed E-state index contributed by atoms with van der Waals surface area (Å²) in [6.45, 7) is 1.92. The van der Waals surface area contributed by atoms with Crippen molar-refractivity contribution >= 4 is 11.6 Å². The largest absolute Gasteiger partial charge is 0.296 e. The molecule has 0 spiro atoms. The molecule has 0 saturated heterocycles. The third kappa shape index (κ3) is 3.26. The highest BCUT2D eigenvalue weighted by atomic mass is 19.1. The van der Waals surface area contributed by atoms with Crippen LogP contribution in [-0.4, -0.2) is 17.7 Å². The van der Waals surface area contributed by atoms with Gasteiger partial charge in [-0.1, -0.05) is 43.7 Å². The first-order valence-electron chi connectivity index (χ1n) is 5.43. The number of benzene rings is 1. The molecule has 86 valence electrons. The molecule has 0 aliphatic carbocycles. The van der Waals surface area contributed by atoms with Crippen LogP contribution in [0, 0.1) is 0 Å². The van der Waals surface area contributed by atoms with Crippen molar-refractivity contribution in [2.24, 2.45) is 0 Å². The molecular weight excluding hydrogens is 207 g/mol. The average molecular weight is 222 g/mol. The molecule has 1 rings (SSSR count). The van der Waals surface area contributed by atoms with Gasteiger partial charge >= 0.3 is 0 Å². The Labute approximate surface area is 94.5 Å². The van der Waals surface area contributed by atoms with E-state index in [2.05, 4.69) is 0 Å². The van der Waals surface area contributed by atoms with Gasteiger partial charge in [-0.25, -0.2) is 4.39 Å². The molecule has 0 heterocycles. The van der Waals surface area contributed by atoms with Gasteiger partial charge < -0.3 is 0 Å². The van der Waals surface area contributed by atoms with Crippen LogP contribution < -0.4 is 0 Å². The number of carbonyl (C=O) groups excluding carboxylic acids is 2. The number of ketones is 2. The normalized spacial score (nSPS) is 12.1. The maximum atomic E-state index is 13.5. The zero-order valence-electron chi connectivity index (χ0n) is 9.28. The zero-order valence-corrected chi connectivity index (χ0v) is 9.28. The standard InChI is InChI=1S/C13H15FO2/c1-2-3-9-11(15)12(14)13(16)10-7-5-4-6-8-10/h4-8,12H,2-3,9H2,1H3. The van der Waals surface area contributed by atoms with Gasteiger partial charge in [0.2, 0.25) is 12.0 Å². The number of carbonyl (C=O) groups is 2. The lowest BCUT2D eigenvalue weighted by atomic mass is 10.0. The summed E-state index contributed by atoms with van der Waals surface area (Å²) < 4.78 is 13.5. The Morgan fingerprint density at radius 2 is 1.88 bits per heavy atom. The first kappa shape index (κ1) is 12.6. The molecule has 0 saturated carbocycles. The molecule has 0 fully saturated rings. The van der Waals surface area contributed by atoms with E-state index < -0.39 is 17.7 Å². The van der Waals surface area contributed by atoms with Crippen LogP contribution in [0.3, 0.4) is 0 Å². The third-order valence-electron chi connectivity index (χ3n) is 2.35. The van der Waals surface area contributed by atoms with E-state index in [-0.39, 0.29) is 12.0 Å². The quantitative estimate of drug-likeness (QED) is 0.547. The number of Topliss-reactive ketones (excluding diaryl/α,β-unsaturated/α-hetero) is 2. The highest BCUT2D eigenvalue weighted by Crippen LogP contribution is 2.10. The van der Waals surface area contributed by atoms with E-state index in [1.807, 2.05) is 6.92 Å². The smallest absolute Gasteiger partial charge is 0.220 e. The van der Waals surface area contributed by atoms with Crippen LogP contribution >= 0.6 is 0 Å². The molecule has 1 aromatic carbocycles. The highest BCUT2D eigenvalue weighted by molar-refractivity contribution is 6.13. The van der Waals surface area contributed by atoms with Crippen LogP contribution in [0.4, 0.5) is 4.39 Å². The summed E-state index contributed by atoms with van der Waals surface area (Å²) in [7, 11) is 0. The van der Waals surface area contributed by atoms with Crippen LogP contribution in [-0.2, 0) is 4.79 Å². The van der Waals surface area contributed by atoms with Crippen molar-refractivity contribution in [1.82, 2.24) is 0 Å². The summed E-state index contributed by atoms with van der Waals surface area (Å²) in [6, 6.07) is 8.07. The lowest BCUT2D eigenvalue weighted by Gasteiger charge is -2.05. The van der Waals surface area contributed by atoms with E-state index in [1.165, 1.54) is 12.1 Å². The van der Waals surface area contributed by atoms with E-state index in [1.54, 1.807) is 18.2 Å². The van der Waals surface area contributed by atoms with E-state index in [4.69, 9.17) is 0 Å². The van der Waals surface area contributed by atoms with Crippen molar-refractivity contribution in [2.45, 2.75) is 32.4 Å². The Balaban J connectivity index is 2.64. The van der Waals surface area contributed by atoms with Crippen molar-refractivity contribution in [2.75, 3.05) is 0 Å². The molecule has 0 amide bonds. The number of halogens is 1. The number of alkyl halides is 1. The Morgan fingerprint density at radius 1 is 1.25 bits per heavy atom. The predicted molar refractivity (Wildman–Crippen MR) is 60.2 cm³/mol. The molecule has 1 atom stereocenters. The van der Waals surface area contributed by atoms with Crippen LogP contribution in [0.2, 0.25) is 0 Å². The Hall–Kier alpha value is -1.51. The monoisotopic (exact) mass is 222 g/mol. The molecule has 3 heteroatoms. The predicted octanol–water partition coefficient (Wildman–Crippen LogP) is 2.97. The summed E-state index contributed by atoms with van der Waals surface area (Å²) >= 11 is 0. The molecule has 0 radical (unpaired) electrons. The highest BCUT2D eigenvalue weighted by Gasteiger charge is 2.25. The SMILES string of the molecule is CCCCC(=O)C(F)C(=O)c1ccccc1. The van der Waals surface area contributed by atoms with Gasteiger partial charge in [0.05, 0.1) is 0 Å². The topological polar surface area (TPSA) is 34.1 Å². The van der Waals surface area contributed by atoms with E-state index in [9.17, 15) is 14.0 Å². The number of rotatable bonds is 6. The summed E-state index contributed by atoms with van der Waals surface area (Å²) in [5.74, 6) is -1.35. The molecule has 0 aliphatic heterocycles. The first-order valence-corrected chi connectivity index (χ1v) is 5.43. The molecule has 0 bridgehead atoms. The van der Waals surface area contributed by atoms with Gasteiger partial charge in [-0.15, -0.1) is 0 Å². The first-order chi connectivity index (χ1) is 7.66. The van der Waals surface area contributed by atoms with Gasteiger partial charge in [0.15, 0.2) is 5.78 Å². The number of hydrogen-bond acceptors (Lipinski definition) is 2. The van der Waals surface area contributed by atoms with Gasteiger partial charge in [0, 0.05) is 12.0 Å². The molecule has 0 N–H and O–H groups in total. The minimum absolute atomic E-state index is 0.135. The van der Waals surface area contributed by atoms with Crippen molar-refractivity contribution in [3.8, 4) is 0 Å². The van der Waals surface area contributed by atoms with Crippen molar-refractivity contribution in [1.29, 1.82) is 0 Å². The van der Waals surface area contributed by atoms with Crippen LogP contribution in [0.5, 0.6) is 0 Å². The van der Waals surface area contributed by atoms with Crippen molar-refractivity contribution < 1.29 is 14.0 Å². The summed E-state index contributed by atoms with van der Waals surface area (Å²) in [5.41, 5.74) is 0.250. The van der Waals surface area contributed by atoms with Gasteiger partial charge in [0.1, 0.15) is 0 Å². The fourth-order valence-electron chi connectivity index (χ4n) is 1.37. The Kier molecular flexibility index (Phi) is 4.83. The maximum absolute atomic E-state index is 13.5. The minimum atomic E-state index is -2.01. The van der Waals surface area contributed by atoms with Crippen LogP contribution in [0.1, 0.15) is 36.5 Å².